The molecule has 0 aliphatic heterocycles. The third-order valence-electron chi connectivity index (χ3n) is 0.471. The summed E-state index contributed by atoms with van der Waals surface area (Å²) in [5.41, 5.74) is 0. The zero-order chi connectivity index (χ0) is 9.11. The van der Waals surface area contributed by atoms with Gasteiger partial charge in [0.25, 0.3) is 0 Å². The first-order valence-electron chi connectivity index (χ1n) is 3.16. The molecule has 0 heterocycles. The number of carbonyl (C=O) groups excluding carboxylic acids is 1. The Kier molecular flexibility index (Phi) is 14.5. The van der Waals surface area contributed by atoms with Gasteiger partial charge in [-0.3, -0.25) is 4.79 Å². The summed E-state index contributed by atoms with van der Waals surface area (Å²) in [5, 5.41) is 7.57. The average molecular weight is 181 g/mol. The Balaban J connectivity index is 0. The van der Waals surface area contributed by atoms with E-state index in [0.717, 1.165) is 0 Å². The van der Waals surface area contributed by atoms with Crippen LogP contribution in [0.5, 0.6) is 0 Å². The molecule has 3 nitrogen and oxygen atoms in total. The van der Waals surface area contributed by atoms with E-state index < -0.39 is 5.97 Å². The van der Waals surface area contributed by atoms with E-state index in [1.807, 2.05) is 0 Å². The Labute approximate surface area is 71.6 Å². The number of ether oxygens (including phenoxy) is 1. The van der Waals surface area contributed by atoms with Crippen LogP contribution >= 0.6 is 11.6 Å². The number of hydrogen-bond donors (Lipinski definition) is 1. The molecule has 0 radical (unpaired) electrons. The number of aliphatic hydroxyl groups excluding tert-OH is 1. The number of rotatable bonds is 3. The minimum atomic E-state index is -0.411. The van der Waals surface area contributed by atoms with Gasteiger partial charge in [0.1, 0.15) is 12.5 Å². The highest BCUT2D eigenvalue weighted by molar-refractivity contribution is 6.26. The van der Waals surface area contributed by atoms with Crippen LogP contribution in [0.2, 0.25) is 0 Å². The van der Waals surface area contributed by atoms with Crippen molar-refractivity contribution in [3.8, 4) is 0 Å². The van der Waals surface area contributed by atoms with Gasteiger partial charge in [-0.05, 0) is 6.92 Å². The van der Waals surface area contributed by atoms with E-state index in [-0.39, 0.29) is 19.1 Å². The first kappa shape index (κ1) is 13.1. The zero-order valence-corrected chi connectivity index (χ0v) is 7.30. The first-order valence-corrected chi connectivity index (χ1v) is 3.69. The summed E-state index contributed by atoms with van der Waals surface area (Å²) < 4.78 is 4.45. The molecule has 0 aliphatic rings. The van der Waals surface area contributed by atoms with E-state index in [9.17, 15) is 4.79 Å². The van der Waals surface area contributed by atoms with Gasteiger partial charge in [0.2, 0.25) is 0 Å². The summed E-state index contributed by atoms with van der Waals surface area (Å²) >= 11 is 5.08. The van der Waals surface area contributed by atoms with Crippen LogP contribution < -0.4 is 0 Å². The second kappa shape index (κ2) is 12.2. The van der Waals surface area contributed by atoms with E-state index in [4.69, 9.17) is 16.7 Å². The second-order valence-corrected chi connectivity index (χ2v) is 1.69. The minimum Gasteiger partial charge on any atom is -0.461 e. The molecule has 0 fully saturated rings. The monoisotopic (exact) mass is 180 g/mol. The van der Waals surface area contributed by atoms with Crippen LogP contribution in [0.4, 0.5) is 0 Å². The van der Waals surface area contributed by atoms with Gasteiger partial charge in [-0.25, -0.2) is 0 Å². The summed E-state index contributed by atoms with van der Waals surface area (Å²) in [6.45, 7) is 5.52. The van der Waals surface area contributed by atoms with Crippen LogP contribution in [0.25, 0.3) is 0 Å². The third kappa shape index (κ3) is 17.7. The highest BCUT2D eigenvalue weighted by atomic mass is 35.5. The molecule has 0 spiro atoms. The normalized spacial score (nSPS) is 7.55. The Morgan fingerprint density at radius 1 is 1.82 bits per heavy atom. The van der Waals surface area contributed by atoms with E-state index >= 15 is 0 Å². The van der Waals surface area contributed by atoms with Crippen LogP contribution in [0.1, 0.15) is 6.92 Å². The fourth-order valence-electron chi connectivity index (χ4n) is 0.190. The van der Waals surface area contributed by atoms with Gasteiger partial charge in [0.05, 0.1) is 0 Å². The highest BCUT2D eigenvalue weighted by Gasteiger charge is 1.94. The van der Waals surface area contributed by atoms with Crippen LogP contribution in [0.3, 0.4) is 0 Å². The Hall–Kier alpha value is -0.540. The largest absolute Gasteiger partial charge is 0.461 e. The lowest BCUT2D eigenvalue weighted by Crippen LogP contribution is -2.04. The van der Waals surface area contributed by atoms with Crippen molar-refractivity contribution in [2.75, 3.05) is 19.1 Å². The number of carbonyl (C=O) groups is 1. The Morgan fingerprint density at radius 3 is 2.55 bits per heavy atom. The molecule has 0 aromatic carbocycles. The van der Waals surface area contributed by atoms with Crippen LogP contribution in [0, 0.1) is 0 Å². The predicted octanol–water partition coefficient (Wildman–Crippen LogP) is 0.953. The van der Waals surface area contributed by atoms with E-state index in [2.05, 4.69) is 11.3 Å². The van der Waals surface area contributed by atoms with Gasteiger partial charge in [-0.1, -0.05) is 12.7 Å². The van der Waals surface area contributed by atoms with Crippen LogP contribution in [0.15, 0.2) is 12.7 Å². The molecule has 4 heteroatoms. The number of hydrogen-bond acceptors (Lipinski definition) is 3. The molecular formula is C7H13ClO3. The smallest absolute Gasteiger partial charge is 0.321 e. The maximum atomic E-state index is 10.2. The van der Waals surface area contributed by atoms with Gasteiger partial charge in [0, 0.05) is 6.61 Å². The van der Waals surface area contributed by atoms with Gasteiger partial charge < -0.3 is 9.84 Å². The standard InChI is InChI=1S/C5H7ClO2.C2H6O/c1-2-3-8-5(7)4-6;1-2-3/h2H,1,3-4H2;3H,2H2,1H3. The van der Waals surface area contributed by atoms with Crippen molar-refractivity contribution in [3.63, 3.8) is 0 Å². The lowest BCUT2D eigenvalue weighted by molar-refractivity contribution is -0.139. The molecular weight excluding hydrogens is 168 g/mol. The van der Waals surface area contributed by atoms with Crippen molar-refractivity contribution in [3.05, 3.63) is 12.7 Å². The molecule has 0 aromatic rings. The molecule has 0 unspecified atom stereocenters. The molecule has 0 rings (SSSR count). The van der Waals surface area contributed by atoms with Crippen molar-refractivity contribution in [1.29, 1.82) is 0 Å². The highest BCUT2D eigenvalue weighted by Crippen LogP contribution is 1.81. The van der Waals surface area contributed by atoms with Crippen molar-refractivity contribution < 1.29 is 14.6 Å². The van der Waals surface area contributed by atoms with E-state index in [0.29, 0.717) is 0 Å². The van der Waals surface area contributed by atoms with E-state index in [1.165, 1.54) is 6.08 Å². The molecule has 0 saturated carbocycles. The SMILES string of the molecule is C=CCOC(=O)CCl.CCO. The van der Waals surface area contributed by atoms with Crippen molar-refractivity contribution in [1.82, 2.24) is 0 Å². The van der Waals surface area contributed by atoms with Gasteiger partial charge >= 0.3 is 5.97 Å². The predicted molar refractivity (Wildman–Crippen MR) is 44.6 cm³/mol. The molecule has 0 amide bonds. The molecule has 11 heavy (non-hydrogen) atoms. The fraction of sp³-hybridized carbons (Fsp3) is 0.571. The lowest BCUT2D eigenvalue weighted by atomic mass is 10.7. The molecule has 0 aliphatic carbocycles. The molecule has 0 aromatic heterocycles. The fourth-order valence-corrected chi connectivity index (χ4v) is 0.268. The molecule has 0 saturated heterocycles. The lowest BCUT2D eigenvalue weighted by Gasteiger charge is -1.93. The van der Waals surface area contributed by atoms with Crippen molar-refractivity contribution in [2.24, 2.45) is 0 Å². The molecule has 66 valence electrons. The average Bonchev–Trinajstić information content (AvgIpc) is 2.02. The second-order valence-electron chi connectivity index (χ2n) is 1.42. The third-order valence-corrected chi connectivity index (χ3v) is 0.689. The zero-order valence-electron chi connectivity index (χ0n) is 6.55. The van der Waals surface area contributed by atoms with Crippen LogP contribution in [-0.4, -0.2) is 30.2 Å². The summed E-state index contributed by atoms with van der Waals surface area (Å²) in [5.74, 6) is -0.500. The summed E-state index contributed by atoms with van der Waals surface area (Å²) in [6, 6.07) is 0. The number of aliphatic hydroxyl groups is 1. The first-order chi connectivity index (χ1) is 5.22. The van der Waals surface area contributed by atoms with Crippen molar-refractivity contribution >= 4 is 17.6 Å². The maximum Gasteiger partial charge on any atom is 0.321 e. The number of halogens is 1. The summed E-state index contributed by atoms with van der Waals surface area (Å²) in [6.07, 6.45) is 1.49. The Bertz CT molecular complexity index is 104. The van der Waals surface area contributed by atoms with Crippen LogP contribution in [-0.2, 0) is 9.53 Å². The quantitative estimate of drug-likeness (QED) is 0.400. The Morgan fingerprint density at radius 2 is 2.27 bits per heavy atom. The summed E-state index contributed by atoms with van der Waals surface area (Å²) in [7, 11) is 0. The topological polar surface area (TPSA) is 46.5 Å². The molecule has 0 bridgehead atoms. The minimum absolute atomic E-state index is 0.0894. The molecule has 0 atom stereocenters. The van der Waals surface area contributed by atoms with Gasteiger partial charge in [-0.15, -0.1) is 11.6 Å². The maximum absolute atomic E-state index is 10.2. The van der Waals surface area contributed by atoms with Gasteiger partial charge in [0.15, 0.2) is 0 Å². The number of esters is 1. The molecule has 1 N–H and O–H groups in total. The number of alkyl halides is 1. The van der Waals surface area contributed by atoms with Crippen molar-refractivity contribution in [2.45, 2.75) is 6.92 Å². The van der Waals surface area contributed by atoms with E-state index in [1.54, 1.807) is 6.92 Å². The summed E-state index contributed by atoms with van der Waals surface area (Å²) in [4.78, 5) is 10.2. The van der Waals surface area contributed by atoms with Gasteiger partial charge in [-0.2, -0.15) is 0 Å².